The molecule has 1 aromatic heterocycles. The van der Waals surface area contributed by atoms with Crippen molar-refractivity contribution < 1.29 is 24.2 Å². The van der Waals surface area contributed by atoms with Crippen LogP contribution in [0.5, 0.6) is 0 Å². The fourth-order valence-corrected chi connectivity index (χ4v) is 3.94. The lowest BCUT2D eigenvalue weighted by atomic mass is 9.79. The van der Waals surface area contributed by atoms with E-state index in [9.17, 15) is 14.7 Å². The first-order valence-electron chi connectivity index (χ1n) is 11.4. The predicted octanol–water partition coefficient (Wildman–Crippen LogP) is 3.39. The number of rotatable bonds is 11. The van der Waals surface area contributed by atoms with Crippen molar-refractivity contribution in [3.8, 4) is 0 Å². The number of carbonyl (C=O) groups is 2. The first-order chi connectivity index (χ1) is 14.9. The van der Waals surface area contributed by atoms with Gasteiger partial charge in [0.05, 0.1) is 12.7 Å². The first-order valence-corrected chi connectivity index (χ1v) is 11.4. The van der Waals surface area contributed by atoms with Gasteiger partial charge in [0.2, 0.25) is 0 Å². The van der Waals surface area contributed by atoms with Crippen LogP contribution in [0.3, 0.4) is 0 Å². The van der Waals surface area contributed by atoms with E-state index in [0.717, 1.165) is 50.2 Å². The summed E-state index contributed by atoms with van der Waals surface area (Å²) >= 11 is 0. The molecule has 0 radical (unpaired) electrons. The highest BCUT2D eigenvalue weighted by Gasteiger charge is 2.30. The summed E-state index contributed by atoms with van der Waals surface area (Å²) < 4.78 is 10.8. The molecule has 1 aliphatic carbocycles. The van der Waals surface area contributed by atoms with Gasteiger partial charge in [-0.2, -0.15) is 0 Å². The van der Waals surface area contributed by atoms with Crippen LogP contribution in [-0.4, -0.2) is 54.1 Å². The molecule has 1 aromatic rings. The van der Waals surface area contributed by atoms with E-state index in [-0.39, 0.29) is 25.0 Å². The molecule has 2 aliphatic rings. The number of carboxylic acid groups (broad SMARTS) is 1. The molecule has 1 amide bonds. The molecule has 1 atom stereocenters. The second-order valence-electron chi connectivity index (χ2n) is 9.03. The van der Waals surface area contributed by atoms with Crippen molar-refractivity contribution in [3.05, 3.63) is 23.4 Å². The van der Waals surface area contributed by atoms with E-state index in [1.54, 1.807) is 0 Å². The van der Waals surface area contributed by atoms with Crippen molar-refractivity contribution in [3.63, 3.8) is 0 Å². The Hall–Kier alpha value is -2.35. The van der Waals surface area contributed by atoms with Crippen LogP contribution in [-0.2, 0) is 27.1 Å². The summed E-state index contributed by atoms with van der Waals surface area (Å²) in [5.41, 5.74) is 2.45. The predicted molar refractivity (Wildman–Crippen MR) is 117 cm³/mol. The fourth-order valence-electron chi connectivity index (χ4n) is 3.94. The molecular weight excluding hydrogens is 398 g/mol. The minimum absolute atomic E-state index is 0.172. The van der Waals surface area contributed by atoms with Crippen LogP contribution in [0.4, 0.5) is 10.6 Å². The molecule has 1 saturated carbocycles. The highest BCUT2D eigenvalue weighted by atomic mass is 16.5. The van der Waals surface area contributed by atoms with E-state index in [2.05, 4.69) is 22.8 Å². The molecule has 8 nitrogen and oxygen atoms in total. The number of fused-ring (bicyclic) bond motifs is 1. The molecule has 0 spiro atoms. The average molecular weight is 434 g/mol. The number of aromatic nitrogens is 1. The van der Waals surface area contributed by atoms with Gasteiger partial charge in [-0.25, -0.2) is 14.6 Å². The van der Waals surface area contributed by atoms with Gasteiger partial charge in [0.1, 0.15) is 11.9 Å². The third kappa shape index (κ3) is 7.38. The lowest BCUT2D eigenvalue weighted by Gasteiger charge is -2.35. The number of hydrogen-bond donors (Lipinski definition) is 3. The molecule has 3 rings (SSSR count). The van der Waals surface area contributed by atoms with Crippen molar-refractivity contribution in [1.29, 1.82) is 0 Å². The highest BCUT2D eigenvalue weighted by Crippen LogP contribution is 2.34. The van der Waals surface area contributed by atoms with Gasteiger partial charge in [0.25, 0.3) is 0 Å². The minimum atomic E-state index is -1.08. The van der Waals surface area contributed by atoms with Gasteiger partial charge in [-0.1, -0.05) is 19.9 Å². The zero-order chi connectivity index (χ0) is 22.2. The molecule has 0 saturated heterocycles. The van der Waals surface area contributed by atoms with Crippen LogP contribution < -0.4 is 10.6 Å². The summed E-state index contributed by atoms with van der Waals surface area (Å²) in [4.78, 5) is 27.8. The molecule has 0 aromatic carbocycles. The largest absolute Gasteiger partial charge is 0.480 e. The average Bonchev–Trinajstić information content (AvgIpc) is 2.72. The van der Waals surface area contributed by atoms with Gasteiger partial charge >= 0.3 is 12.1 Å². The number of anilines is 1. The molecule has 1 unspecified atom stereocenters. The van der Waals surface area contributed by atoms with Crippen LogP contribution in [0.25, 0.3) is 0 Å². The van der Waals surface area contributed by atoms with Crippen LogP contribution in [0.15, 0.2) is 12.1 Å². The third-order valence-corrected chi connectivity index (χ3v) is 5.85. The SMILES string of the molecule is CC(C)COC(=O)NC(CCOC1CC(CCc2ccc3c(n2)NCCC3)C1)C(=O)O. The molecule has 3 N–H and O–H groups in total. The number of nitrogens with one attached hydrogen (secondary N) is 2. The van der Waals surface area contributed by atoms with Crippen molar-refractivity contribution in [2.75, 3.05) is 25.1 Å². The first kappa shape index (κ1) is 23.3. The zero-order valence-corrected chi connectivity index (χ0v) is 18.6. The summed E-state index contributed by atoms with van der Waals surface area (Å²) in [6, 6.07) is 3.34. The van der Waals surface area contributed by atoms with Crippen molar-refractivity contribution >= 4 is 17.9 Å². The van der Waals surface area contributed by atoms with Crippen molar-refractivity contribution in [2.24, 2.45) is 11.8 Å². The van der Waals surface area contributed by atoms with E-state index in [4.69, 9.17) is 14.5 Å². The van der Waals surface area contributed by atoms with Gasteiger partial charge in [-0.05, 0) is 62.0 Å². The Kier molecular flexibility index (Phi) is 8.51. The standard InChI is InChI=1S/C23H35N3O5/c1-15(2)14-31-23(29)26-20(22(27)28)9-11-30-19-12-16(13-19)5-7-18-8-6-17-4-3-10-24-21(17)25-18/h6,8,15-16,19-20H,3-5,7,9-14H2,1-2H3,(H,24,25)(H,26,29)(H,27,28). The Morgan fingerprint density at radius 3 is 2.87 bits per heavy atom. The second-order valence-corrected chi connectivity index (χ2v) is 9.03. The van der Waals surface area contributed by atoms with Crippen LogP contribution in [0.2, 0.25) is 0 Å². The van der Waals surface area contributed by atoms with Gasteiger partial charge in [-0.15, -0.1) is 0 Å². The number of carboxylic acids is 1. The highest BCUT2D eigenvalue weighted by molar-refractivity contribution is 5.79. The molecule has 31 heavy (non-hydrogen) atoms. The van der Waals surface area contributed by atoms with E-state index in [0.29, 0.717) is 12.5 Å². The smallest absolute Gasteiger partial charge is 0.407 e. The van der Waals surface area contributed by atoms with Crippen molar-refractivity contribution in [1.82, 2.24) is 10.3 Å². The van der Waals surface area contributed by atoms with Gasteiger partial charge in [-0.3, -0.25) is 0 Å². The summed E-state index contributed by atoms with van der Waals surface area (Å²) in [6.07, 6.45) is 6.01. The number of alkyl carbamates (subject to hydrolysis) is 1. The monoisotopic (exact) mass is 433 g/mol. The lowest BCUT2D eigenvalue weighted by Crippen LogP contribution is -2.42. The number of pyridine rings is 1. The normalized spacial score (nSPS) is 20.9. The number of carbonyl (C=O) groups excluding carboxylic acids is 1. The Balaban J connectivity index is 1.30. The topological polar surface area (TPSA) is 110 Å². The number of nitrogens with zero attached hydrogens (tertiary/aromatic N) is 1. The Morgan fingerprint density at radius 1 is 1.32 bits per heavy atom. The number of amides is 1. The van der Waals surface area contributed by atoms with Crippen LogP contribution in [0, 0.1) is 11.8 Å². The maximum absolute atomic E-state index is 11.7. The molecule has 1 fully saturated rings. The van der Waals surface area contributed by atoms with Gasteiger partial charge in [0, 0.05) is 25.3 Å². The fraction of sp³-hybridized carbons (Fsp3) is 0.696. The lowest BCUT2D eigenvalue weighted by molar-refractivity contribution is -0.140. The molecule has 0 bridgehead atoms. The number of aliphatic carboxylic acids is 1. The molecule has 1 aliphatic heterocycles. The summed E-state index contributed by atoms with van der Waals surface area (Å²) in [5.74, 6) is 0.788. The molecular formula is C23H35N3O5. The quantitative estimate of drug-likeness (QED) is 0.491. The van der Waals surface area contributed by atoms with E-state index in [1.807, 2.05) is 13.8 Å². The van der Waals surface area contributed by atoms with E-state index >= 15 is 0 Å². The number of ether oxygens (including phenoxy) is 2. The third-order valence-electron chi connectivity index (χ3n) is 5.85. The Morgan fingerprint density at radius 2 is 2.13 bits per heavy atom. The van der Waals surface area contributed by atoms with E-state index in [1.165, 1.54) is 12.0 Å². The number of hydrogen-bond acceptors (Lipinski definition) is 6. The summed E-state index contributed by atoms with van der Waals surface area (Å²) in [6.45, 7) is 5.40. The Labute approximate surface area is 184 Å². The molecule has 8 heteroatoms. The Bertz CT molecular complexity index is 749. The number of aryl methyl sites for hydroxylation is 2. The van der Waals surface area contributed by atoms with E-state index < -0.39 is 18.1 Å². The van der Waals surface area contributed by atoms with Gasteiger partial charge < -0.3 is 25.2 Å². The zero-order valence-electron chi connectivity index (χ0n) is 18.6. The summed E-state index contributed by atoms with van der Waals surface area (Å²) in [5, 5.41) is 15.1. The molecule has 2 heterocycles. The van der Waals surface area contributed by atoms with Crippen LogP contribution in [0.1, 0.15) is 57.2 Å². The van der Waals surface area contributed by atoms with Crippen LogP contribution >= 0.6 is 0 Å². The maximum Gasteiger partial charge on any atom is 0.407 e. The second kappa shape index (κ2) is 11.3. The molecule has 172 valence electrons. The maximum atomic E-state index is 11.7. The summed E-state index contributed by atoms with van der Waals surface area (Å²) in [7, 11) is 0. The van der Waals surface area contributed by atoms with Gasteiger partial charge in [0.15, 0.2) is 0 Å². The minimum Gasteiger partial charge on any atom is -0.480 e. The van der Waals surface area contributed by atoms with Crippen molar-refractivity contribution in [2.45, 2.75) is 70.9 Å².